The van der Waals surface area contributed by atoms with Crippen molar-refractivity contribution in [1.82, 2.24) is 5.32 Å². The molecule has 2 amide bonds. The van der Waals surface area contributed by atoms with Gasteiger partial charge in [-0.25, -0.2) is 0 Å². The smallest absolute Gasteiger partial charge is 0.262 e. The van der Waals surface area contributed by atoms with Gasteiger partial charge in [0.05, 0.1) is 12.2 Å². The number of nitrogens with one attached hydrogen (secondary N) is 1. The SMILES string of the molecule is CNC(=O)C1CN(C(=O)/C=C/c2ccccc2)c2ccccc2O1. The summed E-state index contributed by atoms with van der Waals surface area (Å²) in [6, 6.07) is 16.8. The number of carbonyl (C=O) groups is 2. The van der Waals surface area contributed by atoms with Gasteiger partial charge < -0.3 is 15.0 Å². The first kappa shape index (κ1) is 15.8. The van der Waals surface area contributed by atoms with Gasteiger partial charge in [0.1, 0.15) is 5.75 Å². The van der Waals surface area contributed by atoms with E-state index in [1.165, 1.54) is 6.08 Å². The molecule has 3 rings (SSSR count). The molecule has 1 aliphatic heterocycles. The Hall–Kier alpha value is -3.08. The molecule has 0 fully saturated rings. The van der Waals surface area contributed by atoms with E-state index in [1.807, 2.05) is 48.5 Å². The normalized spacial score (nSPS) is 16.4. The van der Waals surface area contributed by atoms with Crippen LogP contribution in [0.1, 0.15) is 5.56 Å². The molecule has 0 saturated carbocycles. The van der Waals surface area contributed by atoms with Crippen molar-refractivity contribution >= 4 is 23.6 Å². The van der Waals surface area contributed by atoms with Gasteiger partial charge >= 0.3 is 0 Å². The molecule has 1 atom stereocenters. The second-order valence-corrected chi connectivity index (χ2v) is 5.38. The summed E-state index contributed by atoms with van der Waals surface area (Å²) in [4.78, 5) is 26.1. The number of para-hydroxylation sites is 2. The summed E-state index contributed by atoms with van der Waals surface area (Å²) in [5.74, 6) is 0.0802. The third-order valence-electron chi connectivity index (χ3n) is 3.80. The minimum atomic E-state index is -0.723. The third-order valence-corrected chi connectivity index (χ3v) is 3.80. The van der Waals surface area contributed by atoms with Gasteiger partial charge in [0.25, 0.3) is 11.8 Å². The van der Waals surface area contributed by atoms with E-state index in [4.69, 9.17) is 4.74 Å². The summed E-state index contributed by atoms with van der Waals surface area (Å²) < 4.78 is 5.70. The first-order valence-electron chi connectivity index (χ1n) is 7.71. The van der Waals surface area contributed by atoms with Crippen LogP contribution < -0.4 is 15.0 Å². The van der Waals surface area contributed by atoms with Crippen LogP contribution in [0.2, 0.25) is 0 Å². The van der Waals surface area contributed by atoms with E-state index in [1.54, 1.807) is 24.1 Å². The fourth-order valence-corrected chi connectivity index (χ4v) is 2.56. The van der Waals surface area contributed by atoms with Crippen molar-refractivity contribution in [2.45, 2.75) is 6.10 Å². The van der Waals surface area contributed by atoms with E-state index in [0.29, 0.717) is 11.4 Å². The Labute approximate surface area is 140 Å². The van der Waals surface area contributed by atoms with Gasteiger partial charge in [-0.2, -0.15) is 0 Å². The fraction of sp³-hybridized carbons (Fsp3) is 0.158. The third kappa shape index (κ3) is 3.30. The van der Waals surface area contributed by atoms with Crippen molar-refractivity contribution in [1.29, 1.82) is 0 Å². The molecule has 2 aromatic carbocycles. The zero-order valence-electron chi connectivity index (χ0n) is 13.3. The summed E-state index contributed by atoms with van der Waals surface area (Å²) in [6.07, 6.45) is 2.55. The van der Waals surface area contributed by atoms with E-state index < -0.39 is 6.10 Å². The molecule has 0 bridgehead atoms. The maximum atomic E-state index is 12.6. The van der Waals surface area contributed by atoms with E-state index in [0.717, 1.165) is 5.56 Å². The highest BCUT2D eigenvalue weighted by Crippen LogP contribution is 2.33. The second-order valence-electron chi connectivity index (χ2n) is 5.38. The van der Waals surface area contributed by atoms with E-state index in [2.05, 4.69) is 5.32 Å². The number of rotatable bonds is 3. The first-order chi connectivity index (χ1) is 11.7. The molecule has 24 heavy (non-hydrogen) atoms. The largest absolute Gasteiger partial charge is 0.477 e. The Kier molecular flexibility index (Phi) is 4.61. The van der Waals surface area contributed by atoms with Crippen molar-refractivity contribution in [2.24, 2.45) is 0 Å². The van der Waals surface area contributed by atoms with Gasteiger partial charge in [0.2, 0.25) is 0 Å². The van der Waals surface area contributed by atoms with Crippen LogP contribution in [0.5, 0.6) is 5.75 Å². The lowest BCUT2D eigenvalue weighted by Gasteiger charge is -2.33. The number of hydrogen-bond acceptors (Lipinski definition) is 3. The van der Waals surface area contributed by atoms with Crippen LogP contribution in [-0.4, -0.2) is 31.5 Å². The van der Waals surface area contributed by atoms with Gasteiger partial charge in [-0.15, -0.1) is 0 Å². The van der Waals surface area contributed by atoms with Crippen molar-refractivity contribution in [3.63, 3.8) is 0 Å². The molecule has 122 valence electrons. The molecule has 0 saturated heterocycles. The van der Waals surface area contributed by atoms with Gasteiger partial charge in [-0.3, -0.25) is 9.59 Å². The van der Waals surface area contributed by atoms with Crippen molar-refractivity contribution in [3.05, 3.63) is 66.2 Å². The lowest BCUT2D eigenvalue weighted by Crippen LogP contribution is -2.49. The summed E-state index contributed by atoms with van der Waals surface area (Å²) in [5, 5.41) is 2.56. The Morgan fingerprint density at radius 3 is 2.58 bits per heavy atom. The Morgan fingerprint density at radius 1 is 1.12 bits per heavy atom. The average Bonchev–Trinajstić information content (AvgIpc) is 2.65. The van der Waals surface area contributed by atoms with Gasteiger partial charge in [-0.05, 0) is 23.8 Å². The Bertz CT molecular complexity index is 771. The number of ether oxygens (including phenoxy) is 1. The van der Waals surface area contributed by atoms with Crippen molar-refractivity contribution < 1.29 is 14.3 Å². The lowest BCUT2D eigenvalue weighted by molar-refractivity contribution is -0.127. The summed E-state index contributed by atoms with van der Waals surface area (Å²) >= 11 is 0. The number of hydrogen-bond donors (Lipinski definition) is 1. The molecule has 1 aliphatic rings. The summed E-state index contributed by atoms with van der Waals surface area (Å²) in [7, 11) is 1.55. The van der Waals surface area contributed by atoms with Crippen LogP contribution in [0, 0.1) is 0 Å². The van der Waals surface area contributed by atoms with Crippen molar-refractivity contribution in [3.8, 4) is 5.75 Å². The molecule has 0 aliphatic carbocycles. The Morgan fingerprint density at radius 2 is 1.83 bits per heavy atom. The molecule has 5 heteroatoms. The van der Waals surface area contributed by atoms with Gasteiger partial charge in [0, 0.05) is 13.1 Å². The Balaban J connectivity index is 1.86. The quantitative estimate of drug-likeness (QED) is 0.882. The second kappa shape index (κ2) is 7.00. The van der Waals surface area contributed by atoms with Gasteiger partial charge in [-0.1, -0.05) is 42.5 Å². The molecule has 0 aromatic heterocycles. The molecule has 1 unspecified atom stereocenters. The minimum absolute atomic E-state index is 0.175. The highest BCUT2D eigenvalue weighted by Gasteiger charge is 2.32. The zero-order valence-corrected chi connectivity index (χ0v) is 13.3. The number of amides is 2. The number of carbonyl (C=O) groups excluding carboxylic acids is 2. The molecule has 1 N–H and O–H groups in total. The molecule has 1 heterocycles. The van der Waals surface area contributed by atoms with E-state index in [9.17, 15) is 9.59 Å². The summed E-state index contributed by atoms with van der Waals surface area (Å²) in [6.45, 7) is 0.175. The van der Waals surface area contributed by atoms with Crippen LogP contribution in [-0.2, 0) is 9.59 Å². The van der Waals surface area contributed by atoms with Gasteiger partial charge in [0.15, 0.2) is 6.10 Å². The predicted octanol–water partition coefficient (Wildman–Crippen LogP) is 2.24. The maximum Gasteiger partial charge on any atom is 0.262 e. The lowest BCUT2D eigenvalue weighted by atomic mass is 10.1. The fourth-order valence-electron chi connectivity index (χ4n) is 2.56. The number of anilines is 1. The average molecular weight is 322 g/mol. The number of benzene rings is 2. The summed E-state index contributed by atoms with van der Waals surface area (Å²) in [5.41, 5.74) is 1.61. The van der Waals surface area contributed by atoms with Crippen LogP contribution in [0.25, 0.3) is 6.08 Å². The standard InChI is InChI=1S/C19H18N2O3/c1-20-19(23)17-13-21(15-9-5-6-10-16(15)24-17)18(22)12-11-14-7-3-2-4-8-14/h2-12,17H,13H2,1H3,(H,20,23)/b12-11+. The first-order valence-corrected chi connectivity index (χ1v) is 7.71. The minimum Gasteiger partial charge on any atom is -0.477 e. The predicted molar refractivity (Wildman–Crippen MR) is 92.8 cm³/mol. The topological polar surface area (TPSA) is 58.6 Å². The number of fused-ring (bicyclic) bond motifs is 1. The zero-order chi connectivity index (χ0) is 16.9. The van der Waals surface area contributed by atoms with E-state index in [-0.39, 0.29) is 18.4 Å². The molecular weight excluding hydrogens is 304 g/mol. The molecule has 0 radical (unpaired) electrons. The van der Waals surface area contributed by atoms with Crippen molar-refractivity contribution in [2.75, 3.05) is 18.5 Å². The maximum absolute atomic E-state index is 12.6. The van der Waals surface area contributed by atoms with E-state index >= 15 is 0 Å². The molecule has 5 nitrogen and oxygen atoms in total. The number of nitrogens with zero attached hydrogens (tertiary/aromatic N) is 1. The van der Waals surface area contributed by atoms with Crippen LogP contribution in [0.4, 0.5) is 5.69 Å². The molecule has 2 aromatic rings. The molecule has 0 spiro atoms. The highest BCUT2D eigenvalue weighted by atomic mass is 16.5. The van der Waals surface area contributed by atoms with Crippen LogP contribution in [0.3, 0.4) is 0 Å². The van der Waals surface area contributed by atoms with Crippen LogP contribution in [0.15, 0.2) is 60.7 Å². The monoisotopic (exact) mass is 322 g/mol. The molecular formula is C19H18N2O3. The highest BCUT2D eigenvalue weighted by molar-refractivity contribution is 6.05. The van der Waals surface area contributed by atoms with Crippen LogP contribution >= 0.6 is 0 Å². The number of likely N-dealkylation sites (N-methyl/N-ethyl adjacent to an activating group) is 1.